The minimum absolute atomic E-state index is 0.0786. The Kier molecular flexibility index (Phi) is 6.65. The van der Waals surface area contributed by atoms with Crippen LogP contribution in [0, 0.1) is 5.41 Å². The number of hydrogen-bond donors (Lipinski definition) is 1. The van der Waals surface area contributed by atoms with E-state index in [4.69, 9.17) is 11.6 Å². The van der Waals surface area contributed by atoms with Gasteiger partial charge in [-0.2, -0.15) is 13.2 Å². The van der Waals surface area contributed by atoms with Crippen LogP contribution in [0.25, 0.3) is 0 Å². The predicted octanol–water partition coefficient (Wildman–Crippen LogP) is 5.78. The lowest BCUT2D eigenvalue weighted by Crippen LogP contribution is -2.45. The van der Waals surface area contributed by atoms with Gasteiger partial charge in [0.05, 0.1) is 26.0 Å². The Labute approximate surface area is 203 Å². The van der Waals surface area contributed by atoms with Crippen molar-refractivity contribution in [1.82, 2.24) is 9.80 Å². The van der Waals surface area contributed by atoms with Crippen LogP contribution in [0.15, 0.2) is 30.3 Å². The molecule has 3 amide bonds. The number of carbonyl (C=O) groups is 3. The maximum atomic E-state index is 13.3. The molecule has 4 rings (SSSR count). The number of carbonyl (C=O) groups excluding carboxylic acids is 3. The summed E-state index contributed by atoms with van der Waals surface area (Å²) in [5.74, 6) is -0.191. The highest BCUT2D eigenvalue weighted by molar-refractivity contribution is 7.15. The number of para-hydroxylation sites is 1. The number of piperidine rings is 1. The number of hydrogen-bond acceptors (Lipinski definition) is 4. The zero-order valence-corrected chi connectivity index (χ0v) is 19.9. The van der Waals surface area contributed by atoms with Gasteiger partial charge in [0.15, 0.2) is 5.78 Å². The first-order chi connectivity index (χ1) is 16.0. The quantitative estimate of drug-likeness (QED) is 0.529. The first-order valence-corrected chi connectivity index (χ1v) is 12.0. The zero-order chi connectivity index (χ0) is 24.7. The number of thiophene rings is 1. The molecule has 11 heteroatoms. The minimum atomic E-state index is -4.65. The van der Waals surface area contributed by atoms with E-state index in [-0.39, 0.29) is 22.1 Å². The van der Waals surface area contributed by atoms with Gasteiger partial charge in [-0.15, -0.1) is 11.3 Å². The van der Waals surface area contributed by atoms with Crippen LogP contribution in [-0.4, -0.2) is 53.7 Å². The molecule has 2 aromatic rings. The van der Waals surface area contributed by atoms with Crippen molar-refractivity contribution in [3.63, 3.8) is 0 Å². The zero-order valence-electron chi connectivity index (χ0n) is 18.4. The standard InChI is InChI=1S/C23H23ClF3N3O3S/c1-14(31)17-5-6-18(34-17)20(32)29-10-7-22(8-11-29)9-12-30(13-22)21(33)28-19-15(23(25,26)27)3-2-4-16(19)24/h2-6H,7-13H2,1H3,(H,28,33). The van der Waals surface area contributed by atoms with Crippen molar-refractivity contribution in [2.75, 3.05) is 31.5 Å². The second kappa shape index (κ2) is 9.22. The van der Waals surface area contributed by atoms with Gasteiger partial charge in [-0.05, 0) is 55.9 Å². The molecule has 6 nitrogen and oxygen atoms in total. The van der Waals surface area contributed by atoms with Crippen LogP contribution >= 0.6 is 22.9 Å². The predicted molar refractivity (Wildman–Crippen MR) is 124 cm³/mol. The van der Waals surface area contributed by atoms with Crippen LogP contribution in [0.2, 0.25) is 5.02 Å². The number of benzene rings is 1. The normalized spacial score (nSPS) is 17.8. The number of rotatable bonds is 3. The summed E-state index contributed by atoms with van der Waals surface area (Å²) in [4.78, 5) is 41.4. The van der Waals surface area contributed by atoms with E-state index in [0.717, 1.165) is 6.07 Å². The number of alkyl halides is 3. The molecule has 1 N–H and O–H groups in total. The topological polar surface area (TPSA) is 69.7 Å². The lowest BCUT2D eigenvalue weighted by Gasteiger charge is -2.39. The molecule has 0 atom stereocenters. The van der Waals surface area contributed by atoms with Crippen molar-refractivity contribution < 1.29 is 27.6 Å². The largest absolute Gasteiger partial charge is 0.418 e. The Hall–Kier alpha value is -2.59. The molecule has 34 heavy (non-hydrogen) atoms. The summed E-state index contributed by atoms with van der Waals surface area (Å²) >= 11 is 7.14. The van der Waals surface area contributed by atoms with Crippen LogP contribution in [0.3, 0.4) is 0 Å². The number of halogens is 4. The molecule has 0 aliphatic carbocycles. The first-order valence-electron chi connectivity index (χ1n) is 10.8. The van der Waals surface area contributed by atoms with Gasteiger partial charge in [0.25, 0.3) is 5.91 Å². The molecule has 2 aliphatic rings. The monoisotopic (exact) mass is 513 g/mol. The SMILES string of the molecule is CC(=O)c1ccc(C(=O)N2CCC3(CCN(C(=O)Nc4c(Cl)cccc4C(F)(F)F)C3)CC2)s1. The van der Waals surface area contributed by atoms with E-state index in [9.17, 15) is 27.6 Å². The molecule has 3 heterocycles. The van der Waals surface area contributed by atoms with Gasteiger partial charge in [-0.1, -0.05) is 17.7 Å². The van der Waals surface area contributed by atoms with E-state index in [1.807, 2.05) is 0 Å². The molecular weight excluding hydrogens is 491 g/mol. The highest BCUT2D eigenvalue weighted by atomic mass is 35.5. The van der Waals surface area contributed by atoms with Crippen molar-refractivity contribution in [3.8, 4) is 0 Å². The fourth-order valence-electron chi connectivity index (χ4n) is 4.57. The minimum Gasteiger partial charge on any atom is -0.338 e. The van der Waals surface area contributed by atoms with Crippen LogP contribution in [-0.2, 0) is 6.18 Å². The summed E-state index contributed by atoms with van der Waals surface area (Å²) in [6, 6.07) is 6.08. The summed E-state index contributed by atoms with van der Waals surface area (Å²) < 4.78 is 40.0. The van der Waals surface area contributed by atoms with Gasteiger partial charge in [0.1, 0.15) is 0 Å². The molecule has 0 saturated carbocycles. The van der Waals surface area contributed by atoms with E-state index in [1.54, 1.807) is 17.0 Å². The van der Waals surface area contributed by atoms with Crippen molar-refractivity contribution in [3.05, 3.63) is 50.7 Å². The molecule has 2 fully saturated rings. The summed E-state index contributed by atoms with van der Waals surface area (Å²) in [5.41, 5.74) is -1.61. The van der Waals surface area contributed by atoms with Crippen molar-refractivity contribution in [1.29, 1.82) is 0 Å². The van der Waals surface area contributed by atoms with Crippen molar-refractivity contribution in [2.24, 2.45) is 5.41 Å². The van der Waals surface area contributed by atoms with Gasteiger partial charge < -0.3 is 15.1 Å². The molecule has 0 bridgehead atoms. The van der Waals surface area contributed by atoms with Gasteiger partial charge in [0, 0.05) is 26.2 Å². The summed E-state index contributed by atoms with van der Waals surface area (Å²) in [6.07, 6.45) is -2.56. The van der Waals surface area contributed by atoms with Gasteiger partial charge in [-0.3, -0.25) is 9.59 Å². The number of nitrogens with one attached hydrogen (secondary N) is 1. The summed E-state index contributed by atoms with van der Waals surface area (Å²) in [5, 5.41) is 2.18. The highest BCUT2D eigenvalue weighted by Crippen LogP contribution is 2.42. The van der Waals surface area contributed by atoms with E-state index in [0.29, 0.717) is 55.2 Å². The maximum absolute atomic E-state index is 13.3. The molecule has 2 aliphatic heterocycles. The number of likely N-dealkylation sites (tertiary alicyclic amines) is 2. The Morgan fingerprint density at radius 1 is 1.00 bits per heavy atom. The second-order valence-electron chi connectivity index (χ2n) is 8.77. The smallest absolute Gasteiger partial charge is 0.338 e. The van der Waals surface area contributed by atoms with Gasteiger partial charge >= 0.3 is 12.2 Å². The van der Waals surface area contributed by atoms with E-state index < -0.39 is 23.5 Å². The molecule has 1 spiro atoms. The average Bonchev–Trinajstić information content (AvgIpc) is 3.43. The number of anilines is 1. The number of Topliss-reactive ketones (excluding diaryl/α,β-unsaturated/α-hetero) is 1. The third-order valence-corrected chi connectivity index (χ3v) is 8.04. The molecule has 0 radical (unpaired) electrons. The summed E-state index contributed by atoms with van der Waals surface area (Å²) in [6.45, 7) is 3.32. The number of ketones is 1. The third kappa shape index (κ3) is 4.93. The molecular formula is C23H23ClF3N3O3S. The van der Waals surface area contributed by atoms with Gasteiger partial charge in [0.2, 0.25) is 0 Å². The molecule has 182 valence electrons. The Bertz CT molecular complexity index is 1130. The van der Waals surface area contributed by atoms with Crippen LogP contribution < -0.4 is 5.32 Å². The number of amides is 3. The molecule has 1 aromatic carbocycles. The molecule has 1 aromatic heterocycles. The first kappa shape index (κ1) is 24.5. The maximum Gasteiger partial charge on any atom is 0.418 e. The van der Waals surface area contributed by atoms with E-state index >= 15 is 0 Å². The number of urea groups is 1. The Morgan fingerprint density at radius 3 is 2.21 bits per heavy atom. The van der Waals surface area contributed by atoms with Crippen LogP contribution in [0.4, 0.5) is 23.7 Å². The fraction of sp³-hybridized carbons (Fsp3) is 0.435. The summed E-state index contributed by atoms with van der Waals surface area (Å²) in [7, 11) is 0. The van der Waals surface area contributed by atoms with Crippen molar-refractivity contribution in [2.45, 2.75) is 32.4 Å². The number of nitrogens with zero attached hydrogens (tertiary/aromatic N) is 2. The average molecular weight is 514 g/mol. The molecule has 0 unspecified atom stereocenters. The van der Waals surface area contributed by atoms with E-state index in [1.165, 1.54) is 35.3 Å². The van der Waals surface area contributed by atoms with Crippen LogP contribution in [0.5, 0.6) is 0 Å². The molecule has 2 saturated heterocycles. The highest BCUT2D eigenvalue weighted by Gasteiger charge is 2.43. The fourth-order valence-corrected chi connectivity index (χ4v) is 5.66. The lowest BCUT2D eigenvalue weighted by molar-refractivity contribution is -0.136. The Balaban J connectivity index is 1.37. The van der Waals surface area contributed by atoms with Crippen LogP contribution in [0.1, 0.15) is 51.1 Å². The second-order valence-corrected chi connectivity index (χ2v) is 10.3. The third-order valence-electron chi connectivity index (χ3n) is 6.55. The van der Waals surface area contributed by atoms with Gasteiger partial charge in [-0.25, -0.2) is 4.79 Å². The van der Waals surface area contributed by atoms with Crippen molar-refractivity contribution >= 4 is 46.3 Å². The van der Waals surface area contributed by atoms with E-state index in [2.05, 4.69) is 5.32 Å². The Morgan fingerprint density at radius 2 is 1.62 bits per heavy atom. The lowest BCUT2D eigenvalue weighted by atomic mass is 9.78.